The molecule has 0 unspecified atom stereocenters. The molecular weight excluding hydrogens is 709 g/mol. The van der Waals surface area contributed by atoms with Crippen LogP contribution >= 0.6 is 0 Å². The highest BCUT2D eigenvalue weighted by atomic mass is 16.6. The van der Waals surface area contributed by atoms with E-state index in [2.05, 4.69) is 34.6 Å². The number of esters is 3. The van der Waals surface area contributed by atoms with Crippen LogP contribution < -0.4 is 0 Å². The first-order valence-electron chi connectivity index (χ1n) is 25.2. The molecule has 338 valence electrons. The topological polar surface area (TPSA) is 78.9 Å². The molecule has 0 fully saturated rings. The van der Waals surface area contributed by atoms with E-state index in [1.165, 1.54) is 167 Å². The molecule has 0 heterocycles. The molecule has 0 aromatic heterocycles. The van der Waals surface area contributed by atoms with Gasteiger partial charge in [0.15, 0.2) is 6.10 Å². The minimum atomic E-state index is -0.761. The van der Waals surface area contributed by atoms with Gasteiger partial charge >= 0.3 is 17.9 Å². The molecule has 0 aromatic rings. The number of carbonyl (C=O) groups excluding carboxylic acids is 3. The van der Waals surface area contributed by atoms with Gasteiger partial charge in [-0.2, -0.15) is 0 Å². The summed E-state index contributed by atoms with van der Waals surface area (Å²) in [4.78, 5) is 37.9. The highest BCUT2D eigenvalue weighted by molar-refractivity contribution is 5.71. The molecule has 0 N–H and O–H groups in total. The van der Waals surface area contributed by atoms with Gasteiger partial charge < -0.3 is 14.2 Å². The molecule has 0 aliphatic rings. The molecule has 0 spiro atoms. The van der Waals surface area contributed by atoms with Gasteiger partial charge in [-0.3, -0.25) is 14.4 Å². The van der Waals surface area contributed by atoms with Crippen molar-refractivity contribution in [3.8, 4) is 0 Å². The van der Waals surface area contributed by atoms with E-state index < -0.39 is 6.10 Å². The Hall–Kier alpha value is -1.59. The van der Waals surface area contributed by atoms with Crippen LogP contribution in [0.4, 0.5) is 0 Å². The van der Waals surface area contributed by atoms with Gasteiger partial charge in [0.05, 0.1) is 0 Å². The van der Waals surface area contributed by atoms with E-state index in [0.29, 0.717) is 19.3 Å². The van der Waals surface area contributed by atoms with E-state index in [1.54, 1.807) is 0 Å². The van der Waals surface area contributed by atoms with Crippen molar-refractivity contribution in [2.45, 2.75) is 285 Å². The van der Waals surface area contributed by atoms with E-state index in [1.807, 2.05) is 0 Å². The van der Waals surface area contributed by atoms with Crippen molar-refractivity contribution in [2.75, 3.05) is 13.2 Å². The number of hydrogen-bond acceptors (Lipinski definition) is 6. The average Bonchev–Trinajstić information content (AvgIpc) is 3.18. The van der Waals surface area contributed by atoms with Gasteiger partial charge in [0, 0.05) is 19.3 Å². The number of ether oxygens (including phenoxy) is 3. The van der Waals surface area contributed by atoms with Gasteiger partial charge in [-0.1, -0.05) is 240 Å². The van der Waals surface area contributed by atoms with Crippen molar-refractivity contribution in [2.24, 2.45) is 11.8 Å². The quantitative estimate of drug-likeness (QED) is 0.0346. The van der Waals surface area contributed by atoms with Gasteiger partial charge in [0.2, 0.25) is 0 Å². The molecule has 6 nitrogen and oxygen atoms in total. The molecule has 0 radical (unpaired) electrons. The summed E-state index contributed by atoms with van der Waals surface area (Å²) in [5.74, 6) is 0.774. The van der Waals surface area contributed by atoms with E-state index in [-0.39, 0.29) is 31.1 Å². The second-order valence-electron chi connectivity index (χ2n) is 18.4. The molecule has 0 bridgehead atoms. The maximum absolute atomic E-state index is 12.8. The van der Waals surface area contributed by atoms with E-state index in [9.17, 15) is 14.4 Å². The van der Waals surface area contributed by atoms with Gasteiger partial charge in [-0.25, -0.2) is 0 Å². The molecule has 6 heteroatoms. The molecule has 0 aliphatic heterocycles. The summed E-state index contributed by atoms with van der Waals surface area (Å²) >= 11 is 0. The molecule has 0 aliphatic carbocycles. The minimum Gasteiger partial charge on any atom is -0.462 e. The Morgan fingerprint density at radius 2 is 0.579 bits per heavy atom. The second-order valence-corrected chi connectivity index (χ2v) is 18.4. The van der Waals surface area contributed by atoms with Crippen molar-refractivity contribution in [1.82, 2.24) is 0 Å². The molecule has 0 rings (SSSR count). The lowest BCUT2D eigenvalue weighted by Gasteiger charge is -2.18. The third kappa shape index (κ3) is 45.3. The van der Waals surface area contributed by atoms with Crippen LogP contribution in [0.3, 0.4) is 0 Å². The fourth-order valence-corrected chi connectivity index (χ4v) is 7.64. The summed E-state index contributed by atoms with van der Waals surface area (Å²) < 4.78 is 16.8. The number of carbonyl (C=O) groups is 3. The zero-order chi connectivity index (χ0) is 41.9. The van der Waals surface area contributed by atoms with Crippen LogP contribution in [0.25, 0.3) is 0 Å². The summed E-state index contributed by atoms with van der Waals surface area (Å²) in [6, 6.07) is 0. The summed E-state index contributed by atoms with van der Waals surface area (Å²) in [6.45, 7) is 11.3. The summed E-state index contributed by atoms with van der Waals surface area (Å²) in [6.07, 6.45) is 43.7. The standard InChI is InChI=1S/C51H98O6/c1-6-7-8-9-10-11-12-13-14-15-21-26-31-36-41-49(52)55-44-48(45-56-50(53)42-37-32-27-23-18-20-25-30-35-40-47(4)5)57-51(54)43-38-33-28-22-17-16-19-24-29-34-39-46(2)3/h46-48H,6-45H2,1-5H3/t48-/m1/s1. The first-order valence-corrected chi connectivity index (χ1v) is 25.2. The van der Waals surface area contributed by atoms with E-state index in [0.717, 1.165) is 69.6 Å². The Kier molecular flexibility index (Phi) is 42.7. The van der Waals surface area contributed by atoms with Crippen molar-refractivity contribution in [3.63, 3.8) is 0 Å². The van der Waals surface area contributed by atoms with Crippen LogP contribution in [0, 0.1) is 11.8 Å². The van der Waals surface area contributed by atoms with Gasteiger partial charge in [-0.15, -0.1) is 0 Å². The zero-order valence-electron chi connectivity index (χ0n) is 39.0. The summed E-state index contributed by atoms with van der Waals surface area (Å²) in [5, 5.41) is 0. The first-order chi connectivity index (χ1) is 27.7. The molecule has 1 atom stereocenters. The number of rotatable bonds is 45. The largest absolute Gasteiger partial charge is 0.462 e. The first kappa shape index (κ1) is 55.4. The maximum atomic E-state index is 12.8. The van der Waals surface area contributed by atoms with Crippen molar-refractivity contribution < 1.29 is 28.6 Å². The Bertz CT molecular complexity index is 870. The highest BCUT2D eigenvalue weighted by Gasteiger charge is 2.19. The van der Waals surface area contributed by atoms with Crippen molar-refractivity contribution in [1.29, 1.82) is 0 Å². The predicted molar refractivity (Wildman–Crippen MR) is 243 cm³/mol. The van der Waals surface area contributed by atoms with Crippen LogP contribution in [-0.2, 0) is 28.6 Å². The van der Waals surface area contributed by atoms with Crippen LogP contribution in [0.15, 0.2) is 0 Å². The second kappa shape index (κ2) is 44.0. The van der Waals surface area contributed by atoms with E-state index in [4.69, 9.17) is 14.2 Å². The molecule has 57 heavy (non-hydrogen) atoms. The average molecular weight is 807 g/mol. The van der Waals surface area contributed by atoms with Crippen LogP contribution in [0.1, 0.15) is 279 Å². The van der Waals surface area contributed by atoms with Gasteiger partial charge in [-0.05, 0) is 31.1 Å². The lowest BCUT2D eigenvalue weighted by molar-refractivity contribution is -0.167. The SMILES string of the molecule is CCCCCCCCCCCCCCCCC(=O)OC[C@H](COC(=O)CCCCCCCCCCCC(C)C)OC(=O)CCCCCCCCCCCCC(C)C. The lowest BCUT2D eigenvalue weighted by atomic mass is 10.0. The van der Waals surface area contributed by atoms with Crippen molar-refractivity contribution in [3.05, 3.63) is 0 Å². The normalized spacial score (nSPS) is 12.1. The fraction of sp³-hybridized carbons (Fsp3) is 0.941. The number of unbranched alkanes of at least 4 members (excludes halogenated alkanes) is 30. The zero-order valence-corrected chi connectivity index (χ0v) is 39.0. The molecule has 0 amide bonds. The third-order valence-electron chi connectivity index (χ3n) is 11.5. The molecule has 0 saturated carbocycles. The monoisotopic (exact) mass is 807 g/mol. The van der Waals surface area contributed by atoms with Crippen LogP contribution in [0.2, 0.25) is 0 Å². The lowest BCUT2D eigenvalue weighted by Crippen LogP contribution is -2.30. The highest BCUT2D eigenvalue weighted by Crippen LogP contribution is 2.17. The summed E-state index contributed by atoms with van der Waals surface area (Å²) in [7, 11) is 0. The Morgan fingerprint density at radius 3 is 0.860 bits per heavy atom. The van der Waals surface area contributed by atoms with E-state index >= 15 is 0 Å². The maximum Gasteiger partial charge on any atom is 0.306 e. The molecular formula is C51H98O6. The van der Waals surface area contributed by atoms with Crippen molar-refractivity contribution >= 4 is 17.9 Å². The fourth-order valence-electron chi connectivity index (χ4n) is 7.64. The smallest absolute Gasteiger partial charge is 0.306 e. The minimum absolute atomic E-state index is 0.0641. The Labute approximate surface area is 355 Å². The van der Waals surface area contributed by atoms with Crippen LogP contribution in [0.5, 0.6) is 0 Å². The predicted octanol–water partition coefficient (Wildman–Crippen LogP) is 16.1. The molecule has 0 saturated heterocycles. The van der Waals surface area contributed by atoms with Gasteiger partial charge in [0.1, 0.15) is 13.2 Å². The third-order valence-corrected chi connectivity index (χ3v) is 11.5. The molecule has 0 aromatic carbocycles. The summed E-state index contributed by atoms with van der Waals surface area (Å²) in [5.41, 5.74) is 0. The number of hydrogen-bond donors (Lipinski definition) is 0. The Morgan fingerprint density at radius 1 is 0.333 bits per heavy atom. The van der Waals surface area contributed by atoms with Crippen LogP contribution in [-0.4, -0.2) is 37.2 Å². The van der Waals surface area contributed by atoms with Gasteiger partial charge in [0.25, 0.3) is 0 Å². The Balaban J connectivity index is 4.32.